The first-order valence-electron chi connectivity index (χ1n) is 9.08. The summed E-state index contributed by atoms with van der Waals surface area (Å²) in [7, 11) is 0. The fraction of sp³-hybridized carbons (Fsp3) is 0.263. The second-order valence-electron chi connectivity index (χ2n) is 6.48. The van der Waals surface area contributed by atoms with Gasteiger partial charge in [-0.3, -0.25) is 4.79 Å². The van der Waals surface area contributed by atoms with Gasteiger partial charge in [-0.1, -0.05) is 26.0 Å². The number of azo groups is 1. The first-order valence-corrected chi connectivity index (χ1v) is 9.08. The molecule has 1 aromatic carbocycles. The summed E-state index contributed by atoms with van der Waals surface area (Å²) in [5.74, 6) is -0.222. The van der Waals surface area contributed by atoms with Crippen LogP contribution in [0.1, 0.15) is 13.8 Å². The third-order valence-corrected chi connectivity index (χ3v) is 3.37. The highest BCUT2D eigenvalue weighted by Gasteiger charge is 2.12. The molecule has 0 atom stereocenters. The molecule has 2 amide bonds. The molecule has 0 aliphatic carbocycles. The van der Waals surface area contributed by atoms with E-state index in [4.69, 9.17) is 20.9 Å². The summed E-state index contributed by atoms with van der Waals surface area (Å²) in [5.41, 5.74) is 11.1. The van der Waals surface area contributed by atoms with Crippen molar-refractivity contribution in [2.75, 3.05) is 24.3 Å². The zero-order chi connectivity index (χ0) is 22.8. The van der Waals surface area contributed by atoms with Crippen molar-refractivity contribution in [1.29, 1.82) is 0 Å². The van der Waals surface area contributed by atoms with Gasteiger partial charge in [-0.25, -0.2) is 14.6 Å². The molecule has 0 radical (unpaired) electrons. The van der Waals surface area contributed by atoms with E-state index >= 15 is 0 Å². The first-order chi connectivity index (χ1) is 14.7. The molecule has 164 valence electrons. The number of primary amides is 1. The molecule has 0 aliphatic rings. The molecule has 12 heteroatoms. The number of pyridine rings is 1. The highest BCUT2D eigenvalue weighted by Crippen LogP contribution is 2.30. The number of ether oxygens (including phenoxy) is 3. The topological polar surface area (TPSA) is 181 Å². The zero-order valence-electron chi connectivity index (χ0n) is 16.9. The van der Waals surface area contributed by atoms with Crippen LogP contribution in [0.5, 0.6) is 5.75 Å². The fourth-order valence-corrected chi connectivity index (χ4v) is 2.03. The molecule has 1 aromatic heterocycles. The number of rotatable bonds is 8. The van der Waals surface area contributed by atoms with Crippen LogP contribution in [-0.4, -0.2) is 36.4 Å². The van der Waals surface area contributed by atoms with Crippen molar-refractivity contribution in [1.82, 2.24) is 4.98 Å². The fourth-order valence-electron chi connectivity index (χ4n) is 2.03. The lowest BCUT2D eigenvalue weighted by atomic mass is 10.2. The normalized spacial score (nSPS) is 10.7. The maximum Gasteiger partial charge on any atom is 0.513 e. The first kappa shape index (κ1) is 23.1. The van der Waals surface area contributed by atoms with Crippen molar-refractivity contribution >= 4 is 41.2 Å². The molecule has 5 N–H and O–H groups in total. The van der Waals surface area contributed by atoms with Crippen LogP contribution in [0, 0.1) is 5.92 Å². The lowest BCUT2D eigenvalue weighted by Gasteiger charge is -2.09. The molecule has 0 fully saturated rings. The summed E-state index contributed by atoms with van der Waals surface area (Å²) in [6.07, 6.45) is -1.92. The number of carbonyl (C=O) groups excluding carboxylic acids is 3. The van der Waals surface area contributed by atoms with Crippen molar-refractivity contribution in [2.45, 2.75) is 13.8 Å². The number of benzene rings is 1. The van der Waals surface area contributed by atoms with Crippen molar-refractivity contribution in [3.8, 4) is 5.75 Å². The minimum atomic E-state index is -1.07. The summed E-state index contributed by atoms with van der Waals surface area (Å²) < 4.78 is 14.5. The Morgan fingerprint density at radius 2 is 1.77 bits per heavy atom. The lowest BCUT2D eigenvalue weighted by molar-refractivity contribution is -0.118. The van der Waals surface area contributed by atoms with Gasteiger partial charge in [0.15, 0.2) is 18.2 Å². The molecule has 0 bridgehead atoms. The van der Waals surface area contributed by atoms with Gasteiger partial charge < -0.3 is 31.0 Å². The number of para-hydroxylation sites is 1. The Balaban J connectivity index is 2.06. The van der Waals surface area contributed by atoms with Gasteiger partial charge in [0.1, 0.15) is 17.2 Å². The van der Waals surface area contributed by atoms with E-state index in [1.54, 1.807) is 24.3 Å². The summed E-state index contributed by atoms with van der Waals surface area (Å²) in [6, 6.07) is 9.38. The Bertz CT molecular complexity index is 978. The molecule has 31 heavy (non-hydrogen) atoms. The van der Waals surface area contributed by atoms with E-state index < -0.39 is 24.8 Å². The van der Waals surface area contributed by atoms with E-state index in [-0.39, 0.29) is 41.3 Å². The number of nitrogens with two attached hydrogens (primary N) is 2. The number of aromatic nitrogens is 1. The molecule has 2 aromatic rings. The predicted octanol–water partition coefficient (Wildman–Crippen LogP) is 3.28. The van der Waals surface area contributed by atoms with Crippen LogP contribution in [0.3, 0.4) is 0 Å². The van der Waals surface area contributed by atoms with Crippen molar-refractivity contribution < 1.29 is 28.6 Å². The molecule has 0 saturated carbocycles. The van der Waals surface area contributed by atoms with Gasteiger partial charge in [-0.15, -0.1) is 10.2 Å². The number of nitrogens with one attached hydrogen (secondary N) is 1. The quantitative estimate of drug-likeness (QED) is 0.324. The Morgan fingerprint density at radius 3 is 2.45 bits per heavy atom. The molecule has 12 nitrogen and oxygen atoms in total. The van der Waals surface area contributed by atoms with Crippen molar-refractivity contribution in [3.63, 3.8) is 0 Å². The van der Waals surface area contributed by atoms with E-state index in [1.165, 1.54) is 12.1 Å². The van der Waals surface area contributed by atoms with Crippen LogP contribution in [0.25, 0.3) is 0 Å². The maximum absolute atomic E-state index is 11.8. The molecule has 0 saturated heterocycles. The SMILES string of the molecule is CC(C)COC(=O)Oc1ccccc1N=Nc1ccc(NC(=O)COC(N)=O)nc1N. The second-order valence-corrected chi connectivity index (χ2v) is 6.48. The average Bonchev–Trinajstić information content (AvgIpc) is 2.71. The molecule has 0 unspecified atom stereocenters. The van der Waals surface area contributed by atoms with Crippen LogP contribution in [0.15, 0.2) is 46.6 Å². The summed E-state index contributed by atoms with van der Waals surface area (Å²) in [6.45, 7) is 3.47. The molecule has 0 aliphatic heterocycles. The smallest absolute Gasteiger partial charge is 0.440 e. The van der Waals surface area contributed by atoms with Gasteiger partial charge >= 0.3 is 12.2 Å². The molecule has 0 spiro atoms. The predicted molar refractivity (Wildman–Crippen MR) is 110 cm³/mol. The van der Waals surface area contributed by atoms with E-state index in [2.05, 4.69) is 25.3 Å². The van der Waals surface area contributed by atoms with Crippen molar-refractivity contribution in [2.24, 2.45) is 21.9 Å². The minimum Gasteiger partial charge on any atom is -0.440 e. The van der Waals surface area contributed by atoms with E-state index in [0.29, 0.717) is 0 Å². The van der Waals surface area contributed by atoms with E-state index in [1.807, 2.05) is 13.8 Å². The standard InChI is InChI=1S/C19H22N6O6/c1-11(2)9-30-19(28)31-14-6-4-3-5-12(14)24-25-13-7-8-15(23-17(13)20)22-16(26)10-29-18(21)27/h3-8,11H,9-10H2,1-2H3,(H2,21,27)(H3,20,22,23,26). The van der Waals surface area contributed by atoms with Gasteiger partial charge in [0.05, 0.1) is 6.61 Å². The van der Waals surface area contributed by atoms with Crippen LogP contribution in [0.4, 0.5) is 32.6 Å². The summed E-state index contributed by atoms with van der Waals surface area (Å²) in [5, 5.41) is 10.4. The number of anilines is 2. The number of nitrogens with zero attached hydrogens (tertiary/aromatic N) is 3. The summed E-state index contributed by atoms with van der Waals surface area (Å²) in [4.78, 5) is 37.9. The summed E-state index contributed by atoms with van der Waals surface area (Å²) >= 11 is 0. The molecule has 2 rings (SSSR count). The van der Waals surface area contributed by atoms with Gasteiger partial charge in [-0.05, 0) is 30.2 Å². The Labute approximate surface area is 177 Å². The number of carbonyl (C=O) groups is 3. The van der Waals surface area contributed by atoms with Crippen LogP contribution in [0.2, 0.25) is 0 Å². The van der Waals surface area contributed by atoms with E-state index in [9.17, 15) is 14.4 Å². The Morgan fingerprint density at radius 1 is 1.06 bits per heavy atom. The van der Waals surface area contributed by atoms with Gasteiger partial charge in [0, 0.05) is 0 Å². The highest BCUT2D eigenvalue weighted by molar-refractivity contribution is 5.92. The zero-order valence-corrected chi connectivity index (χ0v) is 16.9. The van der Waals surface area contributed by atoms with Crippen LogP contribution >= 0.6 is 0 Å². The van der Waals surface area contributed by atoms with Crippen LogP contribution < -0.4 is 21.5 Å². The van der Waals surface area contributed by atoms with Gasteiger partial charge in [0.2, 0.25) is 0 Å². The minimum absolute atomic E-state index is 0.0212. The number of hydrogen-bond donors (Lipinski definition) is 3. The number of nitrogen functional groups attached to an aromatic ring is 1. The monoisotopic (exact) mass is 430 g/mol. The Kier molecular flexibility index (Phi) is 8.25. The lowest BCUT2D eigenvalue weighted by Crippen LogP contribution is -2.24. The third kappa shape index (κ3) is 7.97. The Hall–Kier alpha value is -4.22. The second kappa shape index (κ2) is 11.1. The number of amides is 2. The maximum atomic E-state index is 11.8. The average molecular weight is 430 g/mol. The van der Waals surface area contributed by atoms with Crippen LogP contribution in [-0.2, 0) is 14.3 Å². The van der Waals surface area contributed by atoms with Gasteiger partial charge in [0.25, 0.3) is 5.91 Å². The third-order valence-electron chi connectivity index (χ3n) is 3.37. The highest BCUT2D eigenvalue weighted by atomic mass is 16.7. The van der Waals surface area contributed by atoms with Crippen molar-refractivity contribution in [3.05, 3.63) is 36.4 Å². The molecular weight excluding hydrogens is 408 g/mol. The largest absolute Gasteiger partial charge is 0.513 e. The number of hydrogen-bond acceptors (Lipinski definition) is 10. The molecular formula is C19H22N6O6. The van der Waals surface area contributed by atoms with Gasteiger partial charge in [-0.2, -0.15) is 0 Å². The van der Waals surface area contributed by atoms with E-state index in [0.717, 1.165) is 0 Å². The molecule has 1 heterocycles.